The monoisotopic (exact) mass is 257 g/mol. The summed E-state index contributed by atoms with van der Waals surface area (Å²) in [7, 11) is 0. The number of hydrogen-bond donors (Lipinski definition) is 1. The van der Waals surface area contributed by atoms with Crippen LogP contribution in [-0.2, 0) is 0 Å². The smallest absolute Gasteiger partial charge is 0.116 e. The van der Waals surface area contributed by atoms with Crippen molar-refractivity contribution in [1.82, 2.24) is 15.4 Å². The summed E-state index contributed by atoms with van der Waals surface area (Å²) in [5.74, 6) is 0.673. The molecule has 0 atom stereocenters. The summed E-state index contributed by atoms with van der Waals surface area (Å²) in [4.78, 5) is 0. The van der Waals surface area contributed by atoms with Crippen molar-refractivity contribution in [2.75, 3.05) is 0 Å². The molecule has 102 valence electrons. The molecule has 1 N–H and O–H groups in total. The number of rotatable bonds is 1. The molecule has 1 heterocycles. The zero-order valence-electron chi connectivity index (χ0n) is 11.6. The molecule has 3 heteroatoms. The van der Waals surface area contributed by atoms with Crippen LogP contribution in [0, 0.1) is 0 Å². The number of fused-ring (bicyclic) bond motifs is 1. The van der Waals surface area contributed by atoms with E-state index in [1.807, 2.05) is 6.07 Å². The van der Waals surface area contributed by atoms with E-state index in [1.54, 1.807) is 0 Å². The van der Waals surface area contributed by atoms with E-state index in [-0.39, 0.29) is 0 Å². The van der Waals surface area contributed by atoms with Gasteiger partial charge < -0.3 is 0 Å². The van der Waals surface area contributed by atoms with Gasteiger partial charge in [-0.1, -0.05) is 57.1 Å². The summed E-state index contributed by atoms with van der Waals surface area (Å²) in [6.07, 6.45) is 12.4. The van der Waals surface area contributed by atoms with E-state index >= 15 is 0 Å². The number of aromatic amines is 1. The third-order valence-corrected chi connectivity index (χ3v) is 4.42. The highest BCUT2D eigenvalue weighted by Crippen LogP contribution is 2.32. The van der Waals surface area contributed by atoms with Gasteiger partial charge in [-0.15, -0.1) is 0 Å². The molecule has 0 bridgehead atoms. The molecule has 3 nitrogen and oxygen atoms in total. The molecule has 0 unspecified atom stereocenters. The summed E-state index contributed by atoms with van der Waals surface area (Å²) in [6.45, 7) is 0. The fraction of sp³-hybridized carbons (Fsp3) is 0.625. The largest absolute Gasteiger partial charge is 0.197 e. The first-order valence-electron chi connectivity index (χ1n) is 7.74. The summed E-state index contributed by atoms with van der Waals surface area (Å²) >= 11 is 0. The summed E-state index contributed by atoms with van der Waals surface area (Å²) < 4.78 is 0. The molecule has 0 aliphatic heterocycles. The fourth-order valence-electron chi connectivity index (χ4n) is 3.34. The molecule has 3 rings (SSSR count). The minimum Gasteiger partial charge on any atom is -0.197 e. The van der Waals surface area contributed by atoms with Gasteiger partial charge in [-0.25, -0.2) is 0 Å². The first kappa shape index (κ1) is 12.6. The molecule has 1 saturated carbocycles. The Bertz CT molecular complexity index is 507. The van der Waals surface area contributed by atoms with Gasteiger partial charge in [-0.05, 0) is 30.4 Å². The van der Waals surface area contributed by atoms with Crippen LogP contribution in [0.25, 0.3) is 11.0 Å². The normalized spacial score (nSPS) is 19.6. The van der Waals surface area contributed by atoms with Crippen molar-refractivity contribution in [3.8, 4) is 0 Å². The molecule has 1 aromatic heterocycles. The highest BCUT2D eigenvalue weighted by atomic mass is 15.3. The molecule has 19 heavy (non-hydrogen) atoms. The third kappa shape index (κ3) is 2.96. The predicted molar refractivity (Wildman–Crippen MR) is 78.2 cm³/mol. The average molecular weight is 257 g/mol. The Kier molecular flexibility index (Phi) is 4.11. The van der Waals surface area contributed by atoms with Crippen LogP contribution < -0.4 is 0 Å². The lowest BCUT2D eigenvalue weighted by molar-refractivity contribution is 0.464. The molecule has 0 saturated heterocycles. The molecule has 1 fully saturated rings. The SMILES string of the molecule is c1cc(C2CCCCCCCCC2)c2n[nH]nc2c1. The topological polar surface area (TPSA) is 41.6 Å². The van der Waals surface area contributed by atoms with Crippen LogP contribution in [-0.4, -0.2) is 15.4 Å². The fourth-order valence-corrected chi connectivity index (χ4v) is 3.34. The lowest BCUT2D eigenvalue weighted by atomic mass is 9.86. The second-order valence-electron chi connectivity index (χ2n) is 5.79. The number of nitrogens with zero attached hydrogens (tertiary/aromatic N) is 2. The van der Waals surface area contributed by atoms with Crippen molar-refractivity contribution < 1.29 is 0 Å². The van der Waals surface area contributed by atoms with E-state index in [0.717, 1.165) is 11.0 Å². The van der Waals surface area contributed by atoms with Gasteiger partial charge in [0.1, 0.15) is 11.0 Å². The van der Waals surface area contributed by atoms with Crippen molar-refractivity contribution in [1.29, 1.82) is 0 Å². The number of nitrogens with one attached hydrogen (secondary N) is 1. The molecule has 0 spiro atoms. The van der Waals surface area contributed by atoms with Gasteiger partial charge >= 0.3 is 0 Å². The van der Waals surface area contributed by atoms with Gasteiger partial charge in [0.05, 0.1) is 0 Å². The highest BCUT2D eigenvalue weighted by Gasteiger charge is 2.16. The van der Waals surface area contributed by atoms with Crippen LogP contribution in [0.4, 0.5) is 0 Å². The van der Waals surface area contributed by atoms with E-state index in [4.69, 9.17) is 0 Å². The molecular weight excluding hydrogens is 234 g/mol. The minimum atomic E-state index is 0.673. The third-order valence-electron chi connectivity index (χ3n) is 4.42. The Hall–Kier alpha value is -1.38. The van der Waals surface area contributed by atoms with Crippen molar-refractivity contribution in [2.24, 2.45) is 0 Å². The number of hydrogen-bond acceptors (Lipinski definition) is 2. The Morgan fingerprint density at radius 3 is 2.26 bits per heavy atom. The number of H-pyrrole nitrogens is 1. The lowest BCUT2D eigenvalue weighted by Gasteiger charge is -2.19. The lowest BCUT2D eigenvalue weighted by Crippen LogP contribution is -2.02. The maximum Gasteiger partial charge on any atom is 0.116 e. The van der Waals surface area contributed by atoms with E-state index in [9.17, 15) is 0 Å². The molecule has 2 aromatic rings. The quantitative estimate of drug-likeness (QED) is 0.813. The van der Waals surface area contributed by atoms with Gasteiger partial charge in [0.2, 0.25) is 0 Å². The molecule has 1 aromatic carbocycles. The Morgan fingerprint density at radius 1 is 0.842 bits per heavy atom. The van der Waals surface area contributed by atoms with Crippen molar-refractivity contribution in [3.05, 3.63) is 23.8 Å². The van der Waals surface area contributed by atoms with E-state index in [1.165, 1.54) is 63.4 Å². The first-order valence-corrected chi connectivity index (χ1v) is 7.74. The van der Waals surface area contributed by atoms with Gasteiger partial charge in [-0.2, -0.15) is 15.4 Å². The predicted octanol–water partition coefficient (Wildman–Crippen LogP) is 4.57. The van der Waals surface area contributed by atoms with Crippen molar-refractivity contribution >= 4 is 11.0 Å². The Morgan fingerprint density at radius 2 is 1.53 bits per heavy atom. The van der Waals surface area contributed by atoms with Crippen LogP contribution in [0.5, 0.6) is 0 Å². The summed E-state index contributed by atoms with van der Waals surface area (Å²) in [5, 5.41) is 11.3. The number of para-hydroxylation sites is 1. The summed E-state index contributed by atoms with van der Waals surface area (Å²) in [5.41, 5.74) is 3.51. The van der Waals surface area contributed by atoms with Crippen LogP contribution in [0.1, 0.15) is 69.3 Å². The van der Waals surface area contributed by atoms with Gasteiger partial charge in [0.25, 0.3) is 0 Å². The molecule has 0 radical (unpaired) electrons. The first-order chi connectivity index (χ1) is 9.45. The van der Waals surface area contributed by atoms with E-state index < -0.39 is 0 Å². The molecule has 1 aliphatic rings. The highest BCUT2D eigenvalue weighted by molar-refractivity contribution is 5.77. The van der Waals surface area contributed by atoms with Crippen LogP contribution in [0.3, 0.4) is 0 Å². The van der Waals surface area contributed by atoms with Gasteiger partial charge in [0.15, 0.2) is 0 Å². The number of benzene rings is 1. The van der Waals surface area contributed by atoms with Crippen molar-refractivity contribution in [2.45, 2.75) is 63.7 Å². The Labute approximate surface area is 114 Å². The zero-order valence-corrected chi connectivity index (χ0v) is 11.6. The molecule has 0 amide bonds. The molecular formula is C16H23N3. The van der Waals surface area contributed by atoms with Crippen molar-refractivity contribution in [3.63, 3.8) is 0 Å². The molecule has 1 aliphatic carbocycles. The minimum absolute atomic E-state index is 0.673. The second-order valence-corrected chi connectivity index (χ2v) is 5.79. The Balaban J connectivity index is 1.82. The van der Waals surface area contributed by atoms with Gasteiger partial charge in [-0.3, -0.25) is 0 Å². The van der Waals surface area contributed by atoms with Crippen LogP contribution in [0.15, 0.2) is 18.2 Å². The maximum atomic E-state index is 4.35. The van der Waals surface area contributed by atoms with E-state index in [2.05, 4.69) is 27.5 Å². The zero-order chi connectivity index (χ0) is 12.9. The second kappa shape index (κ2) is 6.18. The maximum absolute atomic E-state index is 4.35. The number of aromatic nitrogens is 3. The van der Waals surface area contributed by atoms with E-state index in [0.29, 0.717) is 5.92 Å². The average Bonchev–Trinajstić information content (AvgIpc) is 2.93. The standard InChI is InChI=1S/C16H23N3/c1-2-4-6-9-13(10-7-5-3-1)14-11-8-12-15-16(14)18-19-17-15/h8,11-13H,1-7,9-10H2,(H,17,18,19). The van der Waals surface area contributed by atoms with Gasteiger partial charge in [0, 0.05) is 0 Å². The summed E-state index contributed by atoms with van der Waals surface area (Å²) in [6, 6.07) is 6.42. The van der Waals surface area contributed by atoms with Crippen LogP contribution in [0.2, 0.25) is 0 Å². The van der Waals surface area contributed by atoms with Crippen LogP contribution >= 0.6 is 0 Å².